The second-order valence-electron chi connectivity index (χ2n) is 5.85. The van der Waals surface area contributed by atoms with Crippen LogP contribution in [0.4, 0.5) is 0 Å². The van der Waals surface area contributed by atoms with Gasteiger partial charge in [-0.25, -0.2) is 0 Å². The lowest BCUT2D eigenvalue weighted by atomic mass is 10.1. The van der Waals surface area contributed by atoms with Crippen LogP contribution < -0.4 is 4.74 Å². The average molecular weight is 336 g/mol. The number of rotatable bonds is 8. The summed E-state index contributed by atoms with van der Waals surface area (Å²) in [6.07, 6.45) is 3.38. The fourth-order valence-electron chi connectivity index (χ4n) is 2.56. The van der Waals surface area contributed by atoms with Crippen LogP contribution in [-0.4, -0.2) is 21.3 Å². The summed E-state index contributed by atoms with van der Waals surface area (Å²) in [7, 11) is 0. The molecule has 2 N–H and O–H groups in total. The number of aromatic amines is 1. The molecule has 0 radical (unpaired) electrons. The maximum Gasteiger partial charge on any atom is 0.303 e. The highest BCUT2D eigenvalue weighted by Gasteiger charge is 2.02. The number of hydrogen-bond donors (Lipinski definition) is 2. The molecular formula is C20H20N2O3. The average Bonchev–Trinajstić information content (AvgIpc) is 3.16. The number of benzene rings is 2. The summed E-state index contributed by atoms with van der Waals surface area (Å²) in [5, 5.41) is 15.5. The van der Waals surface area contributed by atoms with E-state index < -0.39 is 5.97 Å². The van der Waals surface area contributed by atoms with Crippen molar-refractivity contribution in [2.45, 2.75) is 25.9 Å². The smallest absolute Gasteiger partial charge is 0.303 e. The Labute approximate surface area is 146 Å². The van der Waals surface area contributed by atoms with E-state index >= 15 is 0 Å². The van der Waals surface area contributed by atoms with Gasteiger partial charge in [0, 0.05) is 12.6 Å². The standard InChI is InChI=1S/C20H20N2O3/c23-20(24)3-1-2-15-4-6-16(7-5-15)14-25-18-10-8-17(9-11-18)19-12-13-21-22-19/h4-13H,1-3,14H2,(H,21,22)(H,23,24). The Bertz CT molecular complexity index is 794. The molecule has 3 rings (SSSR count). The summed E-state index contributed by atoms with van der Waals surface area (Å²) in [5.74, 6) is 0.0670. The summed E-state index contributed by atoms with van der Waals surface area (Å²) < 4.78 is 5.81. The van der Waals surface area contributed by atoms with Crippen molar-refractivity contribution in [3.05, 3.63) is 71.9 Å². The normalized spacial score (nSPS) is 10.6. The molecule has 0 unspecified atom stereocenters. The number of nitrogens with one attached hydrogen (secondary N) is 1. The largest absolute Gasteiger partial charge is 0.489 e. The Morgan fingerprint density at radius 1 is 1.00 bits per heavy atom. The number of carboxylic acid groups (broad SMARTS) is 1. The molecule has 0 fully saturated rings. The zero-order valence-corrected chi connectivity index (χ0v) is 13.8. The molecule has 2 aromatic carbocycles. The highest BCUT2D eigenvalue weighted by atomic mass is 16.5. The Kier molecular flexibility index (Phi) is 5.46. The summed E-state index contributed by atoms with van der Waals surface area (Å²) in [5.41, 5.74) is 4.27. The molecular weight excluding hydrogens is 316 g/mol. The van der Waals surface area contributed by atoms with E-state index in [9.17, 15) is 4.79 Å². The Hall–Kier alpha value is -3.08. The monoisotopic (exact) mass is 336 g/mol. The second kappa shape index (κ2) is 8.15. The molecule has 1 aromatic heterocycles. The van der Waals surface area contributed by atoms with Crippen molar-refractivity contribution in [1.82, 2.24) is 10.2 Å². The Balaban J connectivity index is 1.50. The summed E-state index contributed by atoms with van der Waals surface area (Å²) in [4.78, 5) is 10.5. The van der Waals surface area contributed by atoms with Crippen LogP contribution in [0, 0.1) is 0 Å². The van der Waals surface area contributed by atoms with Gasteiger partial charge >= 0.3 is 5.97 Å². The summed E-state index contributed by atoms with van der Waals surface area (Å²) >= 11 is 0. The molecule has 0 amide bonds. The molecule has 25 heavy (non-hydrogen) atoms. The predicted octanol–water partition coefficient (Wildman–Crippen LogP) is 4.06. The number of nitrogens with zero attached hydrogens (tertiary/aromatic N) is 1. The van der Waals surface area contributed by atoms with Gasteiger partial charge in [0.15, 0.2) is 0 Å². The van der Waals surface area contributed by atoms with Gasteiger partial charge in [0.25, 0.3) is 0 Å². The van der Waals surface area contributed by atoms with Gasteiger partial charge in [-0.3, -0.25) is 9.89 Å². The van der Waals surface area contributed by atoms with E-state index in [-0.39, 0.29) is 6.42 Å². The lowest BCUT2D eigenvalue weighted by molar-refractivity contribution is -0.137. The molecule has 0 saturated heterocycles. The second-order valence-corrected chi connectivity index (χ2v) is 5.85. The lowest BCUT2D eigenvalue weighted by Gasteiger charge is -2.08. The van der Waals surface area contributed by atoms with Crippen LogP contribution in [0.25, 0.3) is 11.3 Å². The Morgan fingerprint density at radius 2 is 1.72 bits per heavy atom. The number of aliphatic carboxylic acids is 1. The van der Waals surface area contributed by atoms with Crippen molar-refractivity contribution in [1.29, 1.82) is 0 Å². The predicted molar refractivity (Wildman–Crippen MR) is 95.4 cm³/mol. The number of aromatic nitrogens is 2. The van der Waals surface area contributed by atoms with E-state index in [4.69, 9.17) is 9.84 Å². The summed E-state index contributed by atoms with van der Waals surface area (Å²) in [6, 6.07) is 17.9. The van der Waals surface area contributed by atoms with Gasteiger partial charge in [0.2, 0.25) is 0 Å². The van der Waals surface area contributed by atoms with E-state index in [0.29, 0.717) is 13.0 Å². The highest BCUT2D eigenvalue weighted by molar-refractivity contribution is 5.66. The third kappa shape index (κ3) is 4.94. The van der Waals surface area contributed by atoms with Gasteiger partial charge < -0.3 is 9.84 Å². The van der Waals surface area contributed by atoms with Crippen LogP contribution in [0.2, 0.25) is 0 Å². The first-order valence-electron chi connectivity index (χ1n) is 8.23. The molecule has 0 atom stereocenters. The van der Waals surface area contributed by atoms with E-state index in [1.165, 1.54) is 0 Å². The number of hydrogen-bond acceptors (Lipinski definition) is 3. The van der Waals surface area contributed by atoms with Crippen molar-refractivity contribution in [3.63, 3.8) is 0 Å². The highest BCUT2D eigenvalue weighted by Crippen LogP contribution is 2.21. The number of carboxylic acids is 1. The van der Waals surface area contributed by atoms with Gasteiger partial charge in [-0.2, -0.15) is 5.10 Å². The zero-order valence-electron chi connectivity index (χ0n) is 13.8. The zero-order chi connectivity index (χ0) is 17.5. The molecule has 3 aromatic rings. The topological polar surface area (TPSA) is 75.2 Å². The minimum absolute atomic E-state index is 0.208. The maximum absolute atomic E-state index is 10.5. The molecule has 0 aliphatic heterocycles. The molecule has 1 heterocycles. The number of ether oxygens (including phenoxy) is 1. The van der Waals surface area contributed by atoms with E-state index in [0.717, 1.165) is 34.6 Å². The number of carbonyl (C=O) groups is 1. The van der Waals surface area contributed by atoms with Gasteiger partial charge in [0.05, 0.1) is 5.69 Å². The third-order valence-corrected chi connectivity index (χ3v) is 3.95. The van der Waals surface area contributed by atoms with Gasteiger partial charge in [0.1, 0.15) is 12.4 Å². The van der Waals surface area contributed by atoms with Crippen molar-refractivity contribution in [3.8, 4) is 17.0 Å². The first-order valence-corrected chi connectivity index (χ1v) is 8.23. The number of H-pyrrole nitrogens is 1. The van der Waals surface area contributed by atoms with Crippen LogP contribution in [0.3, 0.4) is 0 Å². The van der Waals surface area contributed by atoms with E-state index in [2.05, 4.69) is 10.2 Å². The quantitative estimate of drug-likeness (QED) is 0.650. The Morgan fingerprint density at radius 3 is 2.36 bits per heavy atom. The molecule has 0 bridgehead atoms. The van der Waals surface area contributed by atoms with Crippen LogP contribution >= 0.6 is 0 Å². The molecule has 0 spiro atoms. The van der Waals surface area contributed by atoms with Gasteiger partial charge in [-0.1, -0.05) is 24.3 Å². The molecule has 128 valence electrons. The van der Waals surface area contributed by atoms with Crippen molar-refractivity contribution in [2.75, 3.05) is 0 Å². The fraction of sp³-hybridized carbons (Fsp3) is 0.200. The maximum atomic E-state index is 10.5. The van der Waals surface area contributed by atoms with Crippen LogP contribution in [0.15, 0.2) is 60.8 Å². The SMILES string of the molecule is O=C(O)CCCc1ccc(COc2ccc(-c3ccn[nH]3)cc2)cc1. The van der Waals surface area contributed by atoms with Crippen molar-refractivity contribution in [2.24, 2.45) is 0 Å². The number of aryl methyl sites for hydroxylation is 1. The van der Waals surface area contributed by atoms with Crippen molar-refractivity contribution >= 4 is 5.97 Å². The first-order chi connectivity index (χ1) is 12.2. The van der Waals surface area contributed by atoms with Crippen LogP contribution in [0.5, 0.6) is 5.75 Å². The van der Waals surface area contributed by atoms with Crippen LogP contribution in [-0.2, 0) is 17.8 Å². The molecule has 5 heteroatoms. The third-order valence-electron chi connectivity index (χ3n) is 3.95. The molecule has 5 nitrogen and oxygen atoms in total. The van der Waals surface area contributed by atoms with E-state index in [1.807, 2.05) is 54.6 Å². The molecule has 0 aliphatic rings. The van der Waals surface area contributed by atoms with Gasteiger partial charge in [-0.05, 0) is 59.9 Å². The van der Waals surface area contributed by atoms with Crippen molar-refractivity contribution < 1.29 is 14.6 Å². The lowest BCUT2D eigenvalue weighted by Crippen LogP contribution is -1.97. The van der Waals surface area contributed by atoms with Gasteiger partial charge in [-0.15, -0.1) is 0 Å². The molecule has 0 saturated carbocycles. The fourth-order valence-corrected chi connectivity index (χ4v) is 2.56. The minimum Gasteiger partial charge on any atom is -0.489 e. The summed E-state index contributed by atoms with van der Waals surface area (Å²) in [6.45, 7) is 0.499. The van der Waals surface area contributed by atoms with Crippen LogP contribution in [0.1, 0.15) is 24.0 Å². The minimum atomic E-state index is -0.747. The first kappa shape index (κ1) is 16.8. The van der Waals surface area contributed by atoms with E-state index in [1.54, 1.807) is 6.20 Å². The molecule has 0 aliphatic carbocycles.